The van der Waals surface area contributed by atoms with Gasteiger partial charge in [0.15, 0.2) is 0 Å². The molecule has 13 heavy (non-hydrogen) atoms. The molecule has 0 fully saturated rings. The number of aliphatic hydroxyl groups excluding tert-OH is 1. The van der Waals surface area contributed by atoms with Crippen molar-refractivity contribution >= 4 is 5.91 Å². The van der Waals surface area contributed by atoms with E-state index in [1.165, 1.54) is 0 Å². The van der Waals surface area contributed by atoms with E-state index in [4.69, 9.17) is 5.11 Å². The largest absolute Gasteiger partial charge is 0.396 e. The van der Waals surface area contributed by atoms with E-state index < -0.39 is 0 Å². The average molecular weight is 188 g/mol. The first-order valence-corrected chi connectivity index (χ1v) is 4.53. The zero-order valence-electron chi connectivity index (χ0n) is 8.85. The molecule has 0 aliphatic rings. The molecular weight excluding hydrogens is 168 g/mol. The zero-order valence-corrected chi connectivity index (χ0v) is 8.85. The van der Waals surface area contributed by atoms with E-state index >= 15 is 0 Å². The first-order valence-electron chi connectivity index (χ1n) is 4.53. The third-order valence-electron chi connectivity index (χ3n) is 2.02. The monoisotopic (exact) mass is 188 g/mol. The quantitative estimate of drug-likeness (QED) is 0.563. The molecule has 0 bridgehead atoms. The van der Waals surface area contributed by atoms with Gasteiger partial charge in [0.25, 0.3) is 0 Å². The van der Waals surface area contributed by atoms with Gasteiger partial charge in [0.1, 0.15) is 0 Å². The molecule has 1 amide bonds. The molecule has 1 atom stereocenters. The number of likely N-dealkylation sites (N-methyl/N-ethyl adjacent to an activating group) is 1. The van der Waals surface area contributed by atoms with E-state index in [2.05, 4.69) is 10.6 Å². The van der Waals surface area contributed by atoms with Crippen LogP contribution in [0.4, 0.5) is 0 Å². The fourth-order valence-corrected chi connectivity index (χ4v) is 0.915. The molecule has 0 aliphatic carbocycles. The molecule has 4 heteroatoms. The number of hydrogen-bond donors (Lipinski definition) is 3. The van der Waals surface area contributed by atoms with Crippen LogP contribution < -0.4 is 10.6 Å². The average Bonchev–Trinajstić information content (AvgIpc) is 2.01. The second-order valence-corrected chi connectivity index (χ2v) is 3.86. The van der Waals surface area contributed by atoms with Crippen molar-refractivity contribution in [2.75, 3.05) is 13.7 Å². The van der Waals surface area contributed by atoms with Gasteiger partial charge >= 0.3 is 0 Å². The first-order chi connectivity index (χ1) is 5.93. The van der Waals surface area contributed by atoms with Crippen molar-refractivity contribution in [3.63, 3.8) is 0 Å². The summed E-state index contributed by atoms with van der Waals surface area (Å²) in [5.74, 6) is -0.0408. The van der Waals surface area contributed by atoms with Gasteiger partial charge in [-0.05, 0) is 34.2 Å². The molecule has 3 N–H and O–H groups in total. The summed E-state index contributed by atoms with van der Waals surface area (Å²) in [4.78, 5) is 11.4. The van der Waals surface area contributed by atoms with Crippen molar-refractivity contribution in [3.05, 3.63) is 0 Å². The summed E-state index contributed by atoms with van der Waals surface area (Å²) in [5.41, 5.74) is -0.336. The number of carbonyl (C=O) groups is 1. The number of nitrogens with one attached hydrogen (secondary N) is 2. The van der Waals surface area contributed by atoms with E-state index in [1.807, 2.05) is 13.8 Å². The Labute approximate surface area is 79.7 Å². The Morgan fingerprint density at radius 1 is 1.54 bits per heavy atom. The van der Waals surface area contributed by atoms with Gasteiger partial charge in [-0.3, -0.25) is 4.79 Å². The maximum atomic E-state index is 11.4. The minimum absolute atomic E-state index is 0.0408. The van der Waals surface area contributed by atoms with Crippen LogP contribution in [-0.2, 0) is 4.79 Å². The van der Waals surface area contributed by atoms with E-state index in [-0.39, 0.29) is 24.1 Å². The van der Waals surface area contributed by atoms with Gasteiger partial charge < -0.3 is 15.7 Å². The van der Waals surface area contributed by atoms with Crippen molar-refractivity contribution in [3.8, 4) is 0 Å². The van der Waals surface area contributed by atoms with Crippen LogP contribution in [0.25, 0.3) is 0 Å². The Morgan fingerprint density at radius 3 is 2.46 bits per heavy atom. The van der Waals surface area contributed by atoms with Crippen LogP contribution in [-0.4, -0.2) is 36.2 Å². The van der Waals surface area contributed by atoms with Crippen LogP contribution >= 0.6 is 0 Å². The lowest BCUT2D eigenvalue weighted by atomic mass is 10.0. The summed E-state index contributed by atoms with van der Waals surface area (Å²) in [6.45, 7) is 5.67. The lowest BCUT2D eigenvalue weighted by molar-refractivity contribution is -0.124. The fourth-order valence-electron chi connectivity index (χ4n) is 0.915. The molecule has 0 aliphatic heterocycles. The van der Waals surface area contributed by atoms with Crippen LogP contribution in [0.3, 0.4) is 0 Å². The molecule has 0 aromatic rings. The molecule has 0 heterocycles. The van der Waals surface area contributed by atoms with Crippen molar-refractivity contribution < 1.29 is 9.90 Å². The summed E-state index contributed by atoms with van der Waals surface area (Å²) >= 11 is 0. The van der Waals surface area contributed by atoms with Gasteiger partial charge in [-0.15, -0.1) is 0 Å². The van der Waals surface area contributed by atoms with E-state index in [1.54, 1.807) is 14.0 Å². The highest BCUT2D eigenvalue weighted by Gasteiger charge is 2.21. The molecule has 0 aromatic heterocycles. The highest BCUT2D eigenvalue weighted by Crippen LogP contribution is 2.07. The first kappa shape index (κ1) is 12.4. The lowest BCUT2D eigenvalue weighted by Gasteiger charge is -2.27. The standard InChI is InChI=1S/C9H20N2O2/c1-7(10-4)8(13)11-9(2,3)5-6-12/h7,10,12H,5-6H2,1-4H3,(H,11,13). The van der Waals surface area contributed by atoms with E-state index in [9.17, 15) is 4.79 Å². The third-order valence-corrected chi connectivity index (χ3v) is 2.02. The molecule has 0 aromatic carbocycles. The Hall–Kier alpha value is -0.610. The minimum atomic E-state index is -0.336. The minimum Gasteiger partial charge on any atom is -0.396 e. The topological polar surface area (TPSA) is 61.4 Å². The number of aliphatic hydroxyl groups is 1. The Morgan fingerprint density at radius 2 is 2.08 bits per heavy atom. The number of rotatable bonds is 5. The Bertz CT molecular complexity index is 169. The smallest absolute Gasteiger partial charge is 0.237 e. The molecule has 0 saturated carbocycles. The highest BCUT2D eigenvalue weighted by molar-refractivity contribution is 5.81. The molecule has 0 rings (SSSR count). The fraction of sp³-hybridized carbons (Fsp3) is 0.889. The van der Waals surface area contributed by atoms with Gasteiger partial charge in [-0.2, -0.15) is 0 Å². The number of carbonyl (C=O) groups excluding carboxylic acids is 1. The van der Waals surface area contributed by atoms with Crippen LogP contribution in [0.1, 0.15) is 27.2 Å². The Balaban J connectivity index is 4.03. The van der Waals surface area contributed by atoms with Gasteiger partial charge in [0, 0.05) is 12.1 Å². The maximum Gasteiger partial charge on any atom is 0.237 e. The van der Waals surface area contributed by atoms with Gasteiger partial charge in [-0.25, -0.2) is 0 Å². The normalized spacial score (nSPS) is 13.9. The zero-order chi connectivity index (χ0) is 10.5. The second kappa shape index (κ2) is 5.19. The van der Waals surface area contributed by atoms with Crippen molar-refractivity contribution in [1.29, 1.82) is 0 Å². The third kappa shape index (κ3) is 4.85. The predicted octanol–water partition coefficient (Wildman–Crippen LogP) is -0.128. The van der Waals surface area contributed by atoms with Gasteiger partial charge in [0.2, 0.25) is 5.91 Å². The summed E-state index contributed by atoms with van der Waals surface area (Å²) < 4.78 is 0. The number of hydrogen-bond acceptors (Lipinski definition) is 3. The molecule has 0 saturated heterocycles. The van der Waals surface area contributed by atoms with Crippen LogP contribution in [0, 0.1) is 0 Å². The lowest BCUT2D eigenvalue weighted by Crippen LogP contribution is -2.50. The molecule has 4 nitrogen and oxygen atoms in total. The SMILES string of the molecule is CNC(C)C(=O)NC(C)(C)CCO. The molecular formula is C9H20N2O2. The van der Waals surface area contributed by atoms with Crippen molar-refractivity contribution in [1.82, 2.24) is 10.6 Å². The molecule has 0 spiro atoms. The van der Waals surface area contributed by atoms with Crippen LogP contribution in [0.2, 0.25) is 0 Å². The summed E-state index contributed by atoms with van der Waals surface area (Å²) in [6.07, 6.45) is 0.565. The van der Waals surface area contributed by atoms with Crippen molar-refractivity contribution in [2.24, 2.45) is 0 Å². The summed E-state index contributed by atoms with van der Waals surface area (Å²) in [7, 11) is 1.74. The molecule has 0 radical (unpaired) electrons. The second-order valence-electron chi connectivity index (χ2n) is 3.86. The van der Waals surface area contributed by atoms with Gasteiger partial charge in [0.05, 0.1) is 6.04 Å². The summed E-state index contributed by atoms with van der Waals surface area (Å²) in [6, 6.07) is -0.196. The highest BCUT2D eigenvalue weighted by atomic mass is 16.3. The summed E-state index contributed by atoms with van der Waals surface area (Å²) in [5, 5.41) is 14.4. The van der Waals surface area contributed by atoms with E-state index in [0.29, 0.717) is 6.42 Å². The number of amides is 1. The van der Waals surface area contributed by atoms with Crippen LogP contribution in [0.15, 0.2) is 0 Å². The predicted molar refractivity (Wildman–Crippen MR) is 52.4 cm³/mol. The molecule has 78 valence electrons. The van der Waals surface area contributed by atoms with Crippen molar-refractivity contribution in [2.45, 2.75) is 38.8 Å². The van der Waals surface area contributed by atoms with E-state index in [0.717, 1.165) is 0 Å². The van der Waals surface area contributed by atoms with Crippen LogP contribution in [0.5, 0.6) is 0 Å². The Kier molecular flexibility index (Phi) is 4.95. The van der Waals surface area contributed by atoms with Gasteiger partial charge in [-0.1, -0.05) is 0 Å². The maximum absolute atomic E-state index is 11.4. The molecule has 1 unspecified atom stereocenters.